The highest BCUT2D eigenvalue weighted by atomic mass is 16.5. The fourth-order valence-corrected chi connectivity index (χ4v) is 1.17. The van der Waals surface area contributed by atoms with Crippen LogP contribution in [-0.4, -0.2) is 12.4 Å². The molecule has 1 aromatic rings. The van der Waals surface area contributed by atoms with E-state index in [2.05, 4.69) is 0 Å². The molecule has 0 aliphatic heterocycles. The Hall–Kier alpha value is -1.35. The zero-order valence-electron chi connectivity index (χ0n) is 8.49. The Kier molecular flexibility index (Phi) is 3.65. The fraction of sp³-hybridized carbons (Fsp3) is 0.364. The predicted octanol–water partition coefficient (Wildman–Crippen LogP) is 1.67. The van der Waals surface area contributed by atoms with Crippen molar-refractivity contribution in [2.75, 3.05) is 6.61 Å². The summed E-state index contributed by atoms with van der Waals surface area (Å²) in [7, 11) is 0. The summed E-state index contributed by atoms with van der Waals surface area (Å²) in [6, 6.07) is 6.75. The topological polar surface area (TPSA) is 52.3 Å². The lowest BCUT2D eigenvalue weighted by Crippen LogP contribution is -2.18. The molecule has 3 nitrogen and oxygen atoms in total. The number of nitrogens with two attached hydrogens (primary N) is 1. The van der Waals surface area contributed by atoms with Crippen molar-refractivity contribution >= 4 is 5.78 Å². The lowest BCUT2D eigenvalue weighted by molar-refractivity contribution is -0.118. The average molecular weight is 193 g/mol. The summed E-state index contributed by atoms with van der Waals surface area (Å²) in [4.78, 5) is 11.0. The van der Waals surface area contributed by atoms with Gasteiger partial charge in [0.05, 0.1) is 12.6 Å². The Balaban J connectivity index is 2.77. The molecule has 0 bridgehead atoms. The summed E-state index contributed by atoms with van der Waals surface area (Å²) in [6.45, 7) is 4.05. The van der Waals surface area contributed by atoms with Gasteiger partial charge in [-0.1, -0.05) is 12.1 Å². The summed E-state index contributed by atoms with van der Waals surface area (Å²) in [5.41, 5.74) is 6.49. The van der Waals surface area contributed by atoms with Crippen molar-refractivity contribution in [3.05, 3.63) is 29.8 Å². The first-order valence-electron chi connectivity index (χ1n) is 4.64. The third kappa shape index (κ3) is 2.57. The number of carbonyl (C=O) groups excluding carboxylic acids is 1. The third-order valence-electron chi connectivity index (χ3n) is 1.99. The van der Waals surface area contributed by atoms with E-state index in [4.69, 9.17) is 10.5 Å². The summed E-state index contributed by atoms with van der Waals surface area (Å²) >= 11 is 0. The zero-order valence-corrected chi connectivity index (χ0v) is 8.49. The maximum Gasteiger partial charge on any atom is 0.150 e. The molecule has 2 N–H and O–H groups in total. The van der Waals surface area contributed by atoms with Crippen LogP contribution in [-0.2, 0) is 4.79 Å². The minimum absolute atomic E-state index is 0.0332. The first-order valence-corrected chi connectivity index (χ1v) is 4.64. The van der Waals surface area contributed by atoms with Crippen LogP contribution < -0.4 is 10.5 Å². The maximum atomic E-state index is 11.0. The number of ketones is 1. The van der Waals surface area contributed by atoms with Gasteiger partial charge in [-0.05, 0) is 31.5 Å². The van der Waals surface area contributed by atoms with Crippen molar-refractivity contribution in [1.82, 2.24) is 0 Å². The molecule has 14 heavy (non-hydrogen) atoms. The second kappa shape index (κ2) is 4.77. The van der Waals surface area contributed by atoms with E-state index >= 15 is 0 Å². The average Bonchev–Trinajstić information content (AvgIpc) is 2.18. The number of Topliss-reactive ketones (excluding diaryl/α,β-unsaturated/α-hetero) is 1. The van der Waals surface area contributed by atoms with E-state index in [9.17, 15) is 4.79 Å². The molecular weight excluding hydrogens is 178 g/mol. The van der Waals surface area contributed by atoms with E-state index in [-0.39, 0.29) is 5.78 Å². The molecule has 76 valence electrons. The standard InChI is InChI=1S/C11H15NO2/c1-3-14-10-6-4-9(5-7-10)11(12)8(2)13/h4-7,11H,3,12H2,1-2H3. The molecule has 0 saturated heterocycles. The smallest absolute Gasteiger partial charge is 0.150 e. The Morgan fingerprint density at radius 3 is 2.43 bits per heavy atom. The Morgan fingerprint density at radius 2 is 2.00 bits per heavy atom. The summed E-state index contributed by atoms with van der Waals surface area (Å²) in [6.07, 6.45) is 0. The van der Waals surface area contributed by atoms with Gasteiger partial charge in [-0.2, -0.15) is 0 Å². The molecule has 0 amide bonds. The molecule has 3 heteroatoms. The van der Waals surface area contributed by atoms with Crippen molar-refractivity contribution in [3.8, 4) is 5.75 Å². The molecule has 1 aromatic carbocycles. The number of benzene rings is 1. The van der Waals surface area contributed by atoms with Crippen LogP contribution in [0.2, 0.25) is 0 Å². The molecule has 0 heterocycles. The molecule has 1 rings (SSSR count). The second-order valence-electron chi connectivity index (χ2n) is 3.09. The van der Waals surface area contributed by atoms with Crippen molar-refractivity contribution < 1.29 is 9.53 Å². The molecule has 0 aliphatic rings. The van der Waals surface area contributed by atoms with Crippen LogP contribution in [0.5, 0.6) is 5.75 Å². The van der Waals surface area contributed by atoms with Crippen molar-refractivity contribution in [2.45, 2.75) is 19.9 Å². The molecule has 0 radical (unpaired) electrons. The van der Waals surface area contributed by atoms with Gasteiger partial charge in [0.25, 0.3) is 0 Å². The monoisotopic (exact) mass is 193 g/mol. The summed E-state index contributed by atoms with van der Waals surface area (Å²) in [5.74, 6) is 0.765. The highest BCUT2D eigenvalue weighted by Crippen LogP contribution is 2.16. The number of hydrogen-bond acceptors (Lipinski definition) is 3. The van der Waals surface area contributed by atoms with E-state index in [0.717, 1.165) is 11.3 Å². The quantitative estimate of drug-likeness (QED) is 0.791. The van der Waals surface area contributed by atoms with Gasteiger partial charge in [-0.15, -0.1) is 0 Å². The number of ether oxygens (including phenoxy) is 1. The molecule has 0 fully saturated rings. The lowest BCUT2D eigenvalue weighted by atomic mass is 10.0. The maximum absolute atomic E-state index is 11.0. The van der Waals surface area contributed by atoms with Gasteiger partial charge in [0.2, 0.25) is 0 Å². The van der Waals surface area contributed by atoms with Crippen LogP contribution in [0.1, 0.15) is 25.5 Å². The Morgan fingerprint density at radius 1 is 1.43 bits per heavy atom. The zero-order chi connectivity index (χ0) is 10.6. The van der Waals surface area contributed by atoms with Gasteiger partial charge >= 0.3 is 0 Å². The largest absolute Gasteiger partial charge is 0.494 e. The molecule has 0 spiro atoms. The minimum atomic E-state index is -0.523. The molecular formula is C11H15NO2. The molecule has 0 aliphatic carbocycles. The Labute approximate surface area is 83.9 Å². The van der Waals surface area contributed by atoms with Crippen LogP contribution in [0, 0.1) is 0 Å². The predicted molar refractivity (Wildman–Crippen MR) is 55.2 cm³/mol. The molecule has 0 saturated carbocycles. The summed E-state index contributed by atoms with van der Waals surface area (Å²) < 4.78 is 5.28. The SMILES string of the molecule is CCOc1ccc(C(N)C(C)=O)cc1. The van der Waals surface area contributed by atoms with E-state index < -0.39 is 6.04 Å². The normalized spacial score (nSPS) is 12.2. The van der Waals surface area contributed by atoms with Gasteiger partial charge in [0, 0.05) is 0 Å². The number of hydrogen-bond donors (Lipinski definition) is 1. The fourth-order valence-electron chi connectivity index (χ4n) is 1.17. The first kappa shape index (κ1) is 10.7. The highest BCUT2D eigenvalue weighted by molar-refractivity contribution is 5.82. The van der Waals surface area contributed by atoms with Crippen molar-refractivity contribution in [3.63, 3.8) is 0 Å². The van der Waals surface area contributed by atoms with Gasteiger partial charge in [-0.25, -0.2) is 0 Å². The van der Waals surface area contributed by atoms with Crippen LogP contribution in [0.15, 0.2) is 24.3 Å². The van der Waals surface area contributed by atoms with Gasteiger partial charge in [0.15, 0.2) is 5.78 Å². The van der Waals surface area contributed by atoms with Crippen LogP contribution in [0.25, 0.3) is 0 Å². The minimum Gasteiger partial charge on any atom is -0.494 e. The number of carbonyl (C=O) groups is 1. The van der Waals surface area contributed by atoms with Crippen LogP contribution >= 0.6 is 0 Å². The van der Waals surface area contributed by atoms with E-state index in [1.807, 2.05) is 31.2 Å². The van der Waals surface area contributed by atoms with E-state index in [1.54, 1.807) is 0 Å². The molecule has 1 atom stereocenters. The number of rotatable bonds is 4. The van der Waals surface area contributed by atoms with Gasteiger partial charge in [0.1, 0.15) is 5.75 Å². The van der Waals surface area contributed by atoms with E-state index in [1.165, 1.54) is 6.92 Å². The highest BCUT2D eigenvalue weighted by Gasteiger charge is 2.10. The van der Waals surface area contributed by atoms with Crippen molar-refractivity contribution in [1.29, 1.82) is 0 Å². The molecule has 1 unspecified atom stereocenters. The first-order chi connectivity index (χ1) is 6.65. The summed E-state index contributed by atoms with van der Waals surface area (Å²) in [5, 5.41) is 0. The van der Waals surface area contributed by atoms with E-state index in [0.29, 0.717) is 6.61 Å². The second-order valence-corrected chi connectivity index (χ2v) is 3.09. The lowest BCUT2D eigenvalue weighted by Gasteiger charge is -2.09. The van der Waals surface area contributed by atoms with Gasteiger partial charge in [-0.3, -0.25) is 4.79 Å². The third-order valence-corrected chi connectivity index (χ3v) is 1.99. The van der Waals surface area contributed by atoms with Crippen LogP contribution in [0.4, 0.5) is 0 Å². The van der Waals surface area contributed by atoms with Gasteiger partial charge < -0.3 is 10.5 Å². The van der Waals surface area contributed by atoms with Crippen molar-refractivity contribution in [2.24, 2.45) is 5.73 Å². The Bertz CT molecular complexity index is 306. The van der Waals surface area contributed by atoms with Crippen LogP contribution in [0.3, 0.4) is 0 Å². The molecule has 0 aromatic heterocycles.